The van der Waals surface area contributed by atoms with Crippen molar-refractivity contribution in [3.8, 4) is 11.4 Å². The summed E-state index contributed by atoms with van der Waals surface area (Å²) in [6.07, 6.45) is 0. The highest BCUT2D eigenvalue weighted by Gasteiger charge is 2.29. The van der Waals surface area contributed by atoms with Gasteiger partial charge >= 0.3 is 0 Å². The second-order valence-electron chi connectivity index (χ2n) is 8.37. The van der Waals surface area contributed by atoms with E-state index >= 15 is 0 Å². The van der Waals surface area contributed by atoms with Gasteiger partial charge in [-0.3, -0.25) is 14.5 Å². The van der Waals surface area contributed by atoms with Gasteiger partial charge < -0.3 is 14.7 Å². The lowest BCUT2D eigenvalue weighted by Crippen LogP contribution is -2.49. The van der Waals surface area contributed by atoms with Crippen molar-refractivity contribution in [1.82, 2.24) is 19.9 Å². The third-order valence-corrected chi connectivity index (χ3v) is 7.19. The van der Waals surface area contributed by atoms with Crippen LogP contribution in [-0.2, 0) is 4.79 Å². The third kappa shape index (κ3) is 4.51. The maximum absolute atomic E-state index is 13.0. The normalized spacial score (nSPS) is 17.4. The van der Waals surface area contributed by atoms with Crippen molar-refractivity contribution in [2.75, 3.05) is 37.2 Å². The van der Waals surface area contributed by atoms with Crippen LogP contribution in [0.1, 0.15) is 34.8 Å². The van der Waals surface area contributed by atoms with Gasteiger partial charge in [-0.25, -0.2) is 0 Å². The molecule has 33 heavy (non-hydrogen) atoms. The Morgan fingerprint density at radius 2 is 1.88 bits per heavy atom. The number of aryl methyl sites for hydroxylation is 1. The number of anilines is 1. The zero-order chi connectivity index (χ0) is 22.9. The molecule has 2 aliphatic heterocycles. The topological polar surface area (TPSA) is 91.6 Å². The van der Waals surface area contributed by atoms with E-state index in [4.69, 9.17) is 4.52 Å². The summed E-state index contributed by atoms with van der Waals surface area (Å²) in [4.78, 5) is 34.4. The molecule has 3 aromatic rings. The monoisotopic (exact) mass is 463 g/mol. The van der Waals surface area contributed by atoms with Gasteiger partial charge in [0.1, 0.15) is 0 Å². The molecule has 170 valence electrons. The second-order valence-corrected chi connectivity index (χ2v) is 9.39. The quantitative estimate of drug-likeness (QED) is 0.632. The number of hydrogen-bond donors (Lipinski definition) is 1. The van der Waals surface area contributed by atoms with Gasteiger partial charge in [-0.15, -0.1) is 11.8 Å². The SMILES string of the molecule is Cc1ccc(-c2noc(C(C)N3CCN(C(=O)c4ccc5c(c4)NC(=O)CS5)CC3)n2)cc1. The molecule has 0 saturated carbocycles. The smallest absolute Gasteiger partial charge is 0.254 e. The van der Waals surface area contributed by atoms with Crippen molar-refractivity contribution in [3.05, 3.63) is 59.5 Å². The van der Waals surface area contributed by atoms with Gasteiger partial charge in [0.05, 0.1) is 17.5 Å². The highest BCUT2D eigenvalue weighted by atomic mass is 32.2. The average Bonchev–Trinajstić information content (AvgIpc) is 3.33. The van der Waals surface area contributed by atoms with Crippen LogP contribution in [0, 0.1) is 6.92 Å². The summed E-state index contributed by atoms with van der Waals surface area (Å²) in [6, 6.07) is 13.5. The summed E-state index contributed by atoms with van der Waals surface area (Å²) in [5.74, 6) is 1.52. The van der Waals surface area contributed by atoms with Crippen LogP contribution in [-0.4, -0.2) is 63.7 Å². The molecule has 8 nitrogen and oxygen atoms in total. The Bertz CT molecular complexity index is 1190. The van der Waals surface area contributed by atoms with Gasteiger partial charge in [-0.1, -0.05) is 35.0 Å². The first kappa shape index (κ1) is 21.7. The fourth-order valence-corrected chi connectivity index (χ4v) is 4.88. The number of rotatable bonds is 4. The maximum Gasteiger partial charge on any atom is 0.254 e. The predicted octanol–water partition coefficient (Wildman–Crippen LogP) is 3.61. The fraction of sp³-hybridized carbons (Fsp3) is 0.333. The van der Waals surface area contributed by atoms with Crippen molar-refractivity contribution in [2.24, 2.45) is 0 Å². The third-order valence-electron chi connectivity index (χ3n) is 6.12. The van der Waals surface area contributed by atoms with E-state index in [2.05, 4.69) is 20.4 Å². The van der Waals surface area contributed by atoms with Crippen molar-refractivity contribution < 1.29 is 14.1 Å². The Balaban J connectivity index is 1.21. The fourth-order valence-electron chi connectivity index (χ4n) is 4.09. The molecule has 0 bridgehead atoms. The summed E-state index contributed by atoms with van der Waals surface area (Å²) < 4.78 is 5.55. The first-order valence-corrected chi connectivity index (χ1v) is 12.0. The van der Waals surface area contributed by atoms with Crippen LogP contribution in [0.25, 0.3) is 11.4 Å². The Labute approximate surface area is 196 Å². The first-order chi connectivity index (χ1) is 16.0. The highest BCUT2D eigenvalue weighted by molar-refractivity contribution is 8.00. The number of aromatic nitrogens is 2. The zero-order valence-electron chi connectivity index (χ0n) is 18.6. The molecule has 1 unspecified atom stereocenters. The van der Waals surface area contributed by atoms with Crippen molar-refractivity contribution in [2.45, 2.75) is 24.8 Å². The van der Waals surface area contributed by atoms with Crippen LogP contribution >= 0.6 is 11.8 Å². The Morgan fingerprint density at radius 3 is 2.64 bits per heavy atom. The number of amides is 2. The summed E-state index contributed by atoms with van der Waals surface area (Å²) in [5, 5.41) is 7.00. The van der Waals surface area contributed by atoms with Gasteiger partial charge in [0.2, 0.25) is 17.6 Å². The number of nitrogens with one attached hydrogen (secondary N) is 1. The molecule has 9 heteroatoms. The number of nitrogens with zero attached hydrogens (tertiary/aromatic N) is 4. The number of carbonyl (C=O) groups is 2. The molecule has 1 fully saturated rings. The highest BCUT2D eigenvalue weighted by Crippen LogP contribution is 2.32. The van der Waals surface area contributed by atoms with Gasteiger partial charge in [-0.2, -0.15) is 4.98 Å². The predicted molar refractivity (Wildman–Crippen MR) is 126 cm³/mol. The molecule has 1 aromatic heterocycles. The Morgan fingerprint density at radius 1 is 1.12 bits per heavy atom. The second kappa shape index (κ2) is 8.99. The van der Waals surface area contributed by atoms with E-state index in [1.807, 2.05) is 55.1 Å². The minimum Gasteiger partial charge on any atom is -0.337 e. The molecule has 0 aliphatic carbocycles. The van der Waals surface area contributed by atoms with E-state index in [-0.39, 0.29) is 17.9 Å². The van der Waals surface area contributed by atoms with Crippen LogP contribution in [0.3, 0.4) is 0 Å². The molecular weight excluding hydrogens is 438 g/mol. The summed E-state index contributed by atoms with van der Waals surface area (Å²) in [6.45, 7) is 6.74. The van der Waals surface area contributed by atoms with E-state index in [1.165, 1.54) is 17.3 Å². The van der Waals surface area contributed by atoms with E-state index < -0.39 is 0 Å². The van der Waals surface area contributed by atoms with E-state index in [9.17, 15) is 9.59 Å². The molecule has 0 spiro atoms. The molecule has 3 heterocycles. The number of benzene rings is 2. The van der Waals surface area contributed by atoms with Crippen molar-refractivity contribution in [3.63, 3.8) is 0 Å². The van der Waals surface area contributed by atoms with E-state index in [0.717, 1.165) is 16.1 Å². The van der Waals surface area contributed by atoms with Gasteiger partial charge in [0.25, 0.3) is 5.91 Å². The standard InChI is InChI=1S/C24H25N5O3S/c1-15-3-5-17(6-4-15)22-26-23(32-27-22)16(2)28-9-11-29(12-10-28)24(31)18-7-8-20-19(13-18)25-21(30)14-33-20/h3-8,13,16H,9-12,14H2,1-2H3,(H,25,30). The molecule has 2 aromatic carbocycles. The number of hydrogen-bond acceptors (Lipinski definition) is 7. The van der Waals surface area contributed by atoms with E-state index in [1.54, 1.807) is 6.07 Å². The molecule has 1 atom stereocenters. The average molecular weight is 464 g/mol. The number of fused-ring (bicyclic) bond motifs is 1. The number of carbonyl (C=O) groups excluding carboxylic acids is 2. The Hall–Kier alpha value is -3.17. The van der Waals surface area contributed by atoms with E-state index in [0.29, 0.717) is 49.2 Å². The summed E-state index contributed by atoms with van der Waals surface area (Å²) >= 11 is 1.49. The minimum atomic E-state index is -0.0371. The minimum absolute atomic E-state index is 0.0191. The van der Waals surface area contributed by atoms with Gasteiger partial charge in [0.15, 0.2) is 0 Å². The van der Waals surface area contributed by atoms with Crippen LogP contribution < -0.4 is 5.32 Å². The lowest BCUT2D eigenvalue weighted by Gasteiger charge is -2.37. The molecular formula is C24H25N5O3S. The molecule has 1 saturated heterocycles. The molecule has 5 rings (SSSR count). The lowest BCUT2D eigenvalue weighted by molar-refractivity contribution is -0.113. The molecule has 1 N–H and O–H groups in total. The summed E-state index contributed by atoms with van der Waals surface area (Å²) in [5.41, 5.74) is 3.42. The summed E-state index contributed by atoms with van der Waals surface area (Å²) in [7, 11) is 0. The lowest BCUT2D eigenvalue weighted by atomic mass is 10.1. The first-order valence-electron chi connectivity index (χ1n) is 11.0. The van der Waals surface area contributed by atoms with Crippen LogP contribution in [0.5, 0.6) is 0 Å². The van der Waals surface area contributed by atoms with Gasteiger partial charge in [-0.05, 0) is 32.0 Å². The largest absolute Gasteiger partial charge is 0.337 e. The van der Waals surface area contributed by atoms with Crippen LogP contribution in [0.4, 0.5) is 5.69 Å². The number of piperazine rings is 1. The van der Waals surface area contributed by atoms with Crippen molar-refractivity contribution in [1.29, 1.82) is 0 Å². The van der Waals surface area contributed by atoms with Crippen LogP contribution in [0.15, 0.2) is 51.9 Å². The van der Waals surface area contributed by atoms with Crippen molar-refractivity contribution >= 4 is 29.3 Å². The zero-order valence-corrected chi connectivity index (χ0v) is 19.4. The van der Waals surface area contributed by atoms with Gasteiger partial charge in [0, 0.05) is 42.2 Å². The number of thioether (sulfide) groups is 1. The van der Waals surface area contributed by atoms with Crippen LogP contribution in [0.2, 0.25) is 0 Å². The Kier molecular flexibility index (Phi) is 5.90. The molecule has 2 aliphatic rings. The molecule has 2 amide bonds. The maximum atomic E-state index is 13.0. The molecule has 0 radical (unpaired) electrons.